The predicted molar refractivity (Wildman–Crippen MR) is 61.0 cm³/mol. The van der Waals surface area contributed by atoms with Crippen molar-refractivity contribution in [2.24, 2.45) is 5.92 Å². The molecule has 0 bridgehead atoms. The summed E-state index contributed by atoms with van der Waals surface area (Å²) in [6, 6.07) is 0.325. The molecule has 1 fully saturated rings. The maximum atomic E-state index is 11.8. The van der Waals surface area contributed by atoms with E-state index in [0.29, 0.717) is 18.9 Å². The van der Waals surface area contributed by atoms with Crippen LogP contribution in [0.15, 0.2) is 0 Å². The Hall–Kier alpha value is -1.06. The van der Waals surface area contributed by atoms with Gasteiger partial charge in [0.2, 0.25) is 5.91 Å². The van der Waals surface area contributed by atoms with Crippen molar-refractivity contribution >= 4 is 11.9 Å². The lowest BCUT2D eigenvalue weighted by molar-refractivity contribution is -0.137. The molecule has 0 aromatic rings. The number of carboxylic acid groups (broad SMARTS) is 1. The Labute approximate surface area is 96.4 Å². The molecule has 16 heavy (non-hydrogen) atoms. The van der Waals surface area contributed by atoms with Crippen molar-refractivity contribution in [3.63, 3.8) is 0 Å². The van der Waals surface area contributed by atoms with E-state index in [9.17, 15) is 9.59 Å². The molecular weight excluding hydrogens is 206 g/mol. The van der Waals surface area contributed by atoms with Crippen molar-refractivity contribution < 1.29 is 14.7 Å². The second-order valence-electron chi connectivity index (χ2n) is 4.53. The summed E-state index contributed by atoms with van der Waals surface area (Å²) in [4.78, 5) is 22.3. The molecule has 1 rings (SSSR count). The van der Waals surface area contributed by atoms with Crippen LogP contribution in [-0.4, -0.2) is 23.0 Å². The maximum absolute atomic E-state index is 11.8. The highest BCUT2D eigenvalue weighted by Crippen LogP contribution is 2.19. The molecule has 4 heteroatoms. The Morgan fingerprint density at radius 2 is 2.00 bits per heavy atom. The zero-order valence-electron chi connectivity index (χ0n) is 9.87. The van der Waals surface area contributed by atoms with Gasteiger partial charge in [0.15, 0.2) is 0 Å². The summed E-state index contributed by atoms with van der Waals surface area (Å²) in [5.74, 6) is -0.931. The fraction of sp³-hybridized carbons (Fsp3) is 0.833. The lowest BCUT2D eigenvalue weighted by Crippen LogP contribution is -2.37. The van der Waals surface area contributed by atoms with Crippen molar-refractivity contribution in [1.29, 1.82) is 0 Å². The zero-order chi connectivity index (χ0) is 12.0. The quantitative estimate of drug-likeness (QED) is 0.728. The SMILES string of the molecule is CCC(CCC(=O)O)C(=O)NC1CCCC1. The first-order valence-corrected chi connectivity index (χ1v) is 6.15. The van der Waals surface area contributed by atoms with Crippen LogP contribution in [0.2, 0.25) is 0 Å². The highest BCUT2D eigenvalue weighted by atomic mass is 16.4. The van der Waals surface area contributed by atoms with Crippen LogP contribution in [0.25, 0.3) is 0 Å². The standard InChI is InChI=1S/C12H21NO3/c1-2-9(7-8-11(14)15)12(16)13-10-5-3-4-6-10/h9-10H,2-8H2,1H3,(H,13,16)(H,14,15). The molecule has 0 heterocycles. The fourth-order valence-electron chi connectivity index (χ4n) is 2.21. The molecule has 92 valence electrons. The minimum Gasteiger partial charge on any atom is -0.481 e. The molecule has 1 unspecified atom stereocenters. The van der Waals surface area contributed by atoms with Gasteiger partial charge in [0.25, 0.3) is 0 Å². The number of amides is 1. The van der Waals surface area contributed by atoms with E-state index in [0.717, 1.165) is 12.8 Å². The summed E-state index contributed by atoms with van der Waals surface area (Å²) in [6.45, 7) is 1.93. The fourth-order valence-corrected chi connectivity index (χ4v) is 2.21. The Kier molecular flexibility index (Phi) is 5.29. The highest BCUT2D eigenvalue weighted by molar-refractivity contribution is 5.79. The molecule has 2 N–H and O–H groups in total. The number of carboxylic acids is 1. The predicted octanol–water partition coefficient (Wildman–Crippen LogP) is 1.94. The van der Waals surface area contributed by atoms with Crippen LogP contribution in [-0.2, 0) is 9.59 Å². The summed E-state index contributed by atoms with van der Waals surface area (Å²) < 4.78 is 0. The molecule has 0 aromatic carbocycles. The number of rotatable bonds is 6. The van der Waals surface area contributed by atoms with E-state index >= 15 is 0 Å². The van der Waals surface area contributed by atoms with Crippen LogP contribution in [0.5, 0.6) is 0 Å². The Morgan fingerprint density at radius 1 is 1.38 bits per heavy atom. The van der Waals surface area contributed by atoms with Crippen molar-refractivity contribution in [1.82, 2.24) is 5.32 Å². The maximum Gasteiger partial charge on any atom is 0.303 e. The largest absolute Gasteiger partial charge is 0.481 e. The second kappa shape index (κ2) is 6.51. The second-order valence-corrected chi connectivity index (χ2v) is 4.53. The number of hydrogen-bond acceptors (Lipinski definition) is 2. The first kappa shape index (κ1) is 13.0. The molecule has 0 aliphatic heterocycles. The van der Waals surface area contributed by atoms with Gasteiger partial charge in [-0.2, -0.15) is 0 Å². The highest BCUT2D eigenvalue weighted by Gasteiger charge is 2.22. The number of nitrogens with one attached hydrogen (secondary N) is 1. The van der Waals surface area contributed by atoms with Crippen LogP contribution in [0.4, 0.5) is 0 Å². The van der Waals surface area contributed by atoms with Crippen LogP contribution < -0.4 is 5.32 Å². The van der Waals surface area contributed by atoms with Gasteiger partial charge in [-0.25, -0.2) is 0 Å². The molecule has 4 nitrogen and oxygen atoms in total. The van der Waals surface area contributed by atoms with Gasteiger partial charge in [-0.05, 0) is 25.7 Å². The van der Waals surface area contributed by atoms with Crippen LogP contribution in [0.3, 0.4) is 0 Å². The van der Waals surface area contributed by atoms with E-state index in [1.54, 1.807) is 0 Å². The summed E-state index contributed by atoms with van der Waals surface area (Å²) in [5, 5.41) is 11.6. The molecule has 0 saturated heterocycles. The van der Waals surface area contributed by atoms with Gasteiger partial charge in [-0.3, -0.25) is 9.59 Å². The summed E-state index contributed by atoms with van der Waals surface area (Å²) in [5.41, 5.74) is 0. The number of carbonyl (C=O) groups excluding carboxylic acids is 1. The minimum atomic E-state index is -0.827. The smallest absolute Gasteiger partial charge is 0.303 e. The normalized spacial score (nSPS) is 18.3. The topological polar surface area (TPSA) is 66.4 Å². The van der Waals surface area contributed by atoms with Gasteiger partial charge in [0, 0.05) is 18.4 Å². The average molecular weight is 227 g/mol. The summed E-state index contributed by atoms with van der Waals surface area (Å²) >= 11 is 0. The monoisotopic (exact) mass is 227 g/mol. The minimum absolute atomic E-state index is 0.0376. The van der Waals surface area contributed by atoms with E-state index in [1.807, 2.05) is 6.92 Å². The number of hydrogen-bond donors (Lipinski definition) is 2. The van der Waals surface area contributed by atoms with Crippen molar-refractivity contribution in [2.45, 2.75) is 57.9 Å². The molecule has 1 atom stereocenters. The van der Waals surface area contributed by atoms with Crippen molar-refractivity contribution in [3.8, 4) is 0 Å². The molecule has 0 aromatic heterocycles. The molecule has 1 amide bonds. The van der Waals surface area contributed by atoms with Crippen molar-refractivity contribution in [3.05, 3.63) is 0 Å². The van der Waals surface area contributed by atoms with E-state index < -0.39 is 5.97 Å². The summed E-state index contributed by atoms with van der Waals surface area (Å²) in [7, 11) is 0. The van der Waals surface area contributed by atoms with Gasteiger partial charge in [0.05, 0.1) is 0 Å². The van der Waals surface area contributed by atoms with E-state index in [-0.39, 0.29) is 18.2 Å². The first-order chi connectivity index (χ1) is 7.63. The van der Waals surface area contributed by atoms with Crippen molar-refractivity contribution in [2.75, 3.05) is 0 Å². The van der Waals surface area contributed by atoms with Crippen LogP contribution in [0, 0.1) is 5.92 Å². The third-order valence-corrected chi connectivity index (χ3v) is 3.27. The third-order valence-electron chi connectivity index (χ3n) is 3.27. The molecule has 1 saturated carbocycles. The van der Waals surface area contributed by atoms with E-state index in [1.165, 1.54) is 12.8 Å². The van der Waals surface area contributed by atoms with Gasteiger partial charge < -0.3 is 10.4 Å². The molecule has 0 radical (unpaired) electrons. The first-order valence-electron chi connectivity index (χ1n) is 6.15. The van der Waals surface area contributed by atoms with Gasteiger partial charge >= 0.3 is 5.97 Å². The molecule has 0 spiro atoms. The Bertz CT molecular complexity index is 247. The Morgan fingerprint density at radius 3 is 2.50 bits per heavy atom. The van der Waals surface area contributed by atoms with Crippen LogP contribution in [0.1, 0.15) is 51.9 Å². The Balaban J connectivity index is 2.32. The molecule has 1 aliphatic rings. The summed E-state index contributed by atoms with van der Waals surface area (Å²) in [6.07, 6.45) is 5.77. The van der Waals surface area contributed by atoms with E-state index in [2.05, 4.69) is 5.32 Å². The number of aliphatic carboxylic acids is 1. The third kappa shape index (κ3) is 4.21. The van der Waals surface area contributed by atoms with E-state index in [4.69, 9.17) is 5.11 Å². The van der Waals surface area contributed by atoms with Gasteiger partial charge in [-0.15, -0.1) is 0 Å². The lowest BCUT2D eigenvalue weighted by Gasteiger charge is -2.17. The zero-order valence-corrected chi connectivity index (χ0v) is 9.87. The lowest BCUT2D eigenvalue weighted by atomic mass is 9.99. The van der Waals surface area contributed by atoms with Gasteiger partial charge in [-0.1, -0.05) is 19.8 Å². The molecule has 1 aliphatic carbocycles. The van der Waals surface area contributed by atoms with Gasteiger partial charge in [0.1, 0.15) is 0 Å². The average Bonchev–Trinajstić information content (AvgIpc) is 2.71. The van der Waals surface area contributed by atoms with Crippen LogP contribution >= 0.6 is 0 Å². The number of carbonyl (C=O) groups is 2. The molecular formula is C12H21NO3.